The summed E-state index contributed by atoms with van der Waals surface area (Å²) in [5.74, 6) is 0.508. The van der Waals surface area contributed by atoms with E-state index in [0.717, 1.165) is 6.26 Å². The first kappa shape index (κ1) is 15.3. The molecule has 2 rings (SSSR count). The van der Waals surface area contributed by atoms with Crippen LogP contribution in [0.4, 0.5) is 10.1 Å². The van der Waals surface area contributed by atoms with Crippen molar-refractivity contribution in [1.82, 2.24) is 0 Å². The smallest absolute Gasteiger partial charge is 0.175 e. The van der Waals surface area contributed by atoms with Crippen LogP contribution in [0.1, 0.15) is 11.1 Å². The van der Waals surface area contributed by atoms with Gasteiger partial charge in [-0.3, -0.25) is 0 Å². The van der Waals surface area contributed by atoms with E-state index >= 15 is 0 Å². The Bertz CT molecular complexity index is 778. The van der Waals surface area contributed by atoms with Gasteiger partial charge < -0.3 is 10.5 Å². The van der Waals surface area contributed by atoms with Gasteiger partial charge in [0.25, 0.3) is 0 Å². The number of ether oxygens (including phenoxy) is 1. The number of hydrogen-bond acceptors (Lipinski definition) is 4. The third-order valence-corrected chi connectivity index (χ3v) is 4.16. The molecule has 0 unspecified atom stereocenters. The van der Waals surface area contributed by atoms with Crippen molar-refractivity contribution in [3.05, 3.63) is 47.3 Å². The normalized spacial score (nSPS) is 11.4. The molecule has 0 aromatic heterocycles. The maximum absolute atomic E-state index is 13.3. The van der Waals surface area contributed by atoms with Gasteiger partial charge in [-0.05, 0) is 55.3 Å². The van der Waals surface area contributed by atoms with Gasteiger partial charge in [0.05, 0.1) is 10.6 Å². The number of sulfone groups is 1. The molecule has 0 heterocycles. The Labute approximate surface area is 123 Å². The molecular formula is C15H16FNO3S. The molecule has 112 valence electrons. The van der Waals surface area contributed by atoms with Gasteiger partial charge >= 0.3 is 0 Å². The molecule has 0 radical (unpaired) electrons. The molecule has 4 nitrogen and oxygen atoms in total. The van der Waals surface area contributed by atoms with Crippen LogP contribution in [0.15, 0.2) is 35.2 Å². The van der Waals surface area contributed by atoms with E-state index in [0.29, 0.717) is 22.6 Å². The summed E-state index contributed by atoms with van der Waals surface area (Å²) in [5, 5.41) is 0. The Morgan fingerprint density at radius 2 is 1.67 bits per heavy atom. The summed E-state index contributed by atoms with van der Waals surface area (Å²) in [4.78, 5) is 0.125. The van der Waals surface area contributed by atoms with E-state index in [1.165, 1.54) is 30.3 Å². The highest BCUT2D eigenvalue weighted by atomic mass is 32.2. The van der Waals surface area contributed by atoms with Crippen molar-refractivity contribution in [2.75, 3.05) is 12.0 Å². The van der Waals surface area contributed by atoms with Gasteiger partial charge in [-0.2, -0.15) is 0 Å². The topological polar surface area (TPSA) is 69.4 Å². The van der Waals surface area contributed by atoms with Crippen molar-refractivity contribution < 1.29 is 17.5 Å². The van der Waals surface area contributed by atoms with Crippen LogP contribution < -0.4 is 10.5 Å². The molecule has 0 amide bonds. The van der Waals surface area contributed by atoms with E-state index in [2.05, 4.69) is 0 Å². The minimum Gasteiger partial charge on any atom is -0.455 e. The number of aryl methyl sites for hydroxylation is 2. The molecule has 0 saturated heterocycles. The Morgan fingerprint density at radius 1 is 1.10 bits per heavy atom. The van der Waals surface area contributed by atoms with Crippen molar-refractivity contribution in [2.24, 2.45) is 0 Å². The second kappa shape index (κ2) is 5.37. The second-order valence-corrected chi connectivity index (χ2v) is 6.96. The van der Waals surface area contributed by atoms with Crippen LogP contribution in [0.25, 0.3) is 0 Å². The molecule has 0 spiro atoms. The molecule has 6 heteroatoms. The first-order valence-electron chi connectivity index (χ1n) is 6.22. The summed E-state index contributed by atoms with van der Waals surface area (Å²) >= 11 is 0. The molecule has 2 N–H and O–H groups in total. The van der Waals surface area contributed by atoms with Gasteiger partial charge in [-0.25, -0.2) is 12.8 Å². The number of anilines is 1. The van der Waals surface area contributed by atoms with Gasteiger partial charge in [0.15, 0.2) is 9.84 Å². The maximum Gasteiger partial charge on any atom is 0.175 e. The summed E-state index contributed by atoms with van der Waals surface area (Å²) in [7, 11) is -3.32. The van der Waals surface area contributed by atoms with E-state index < -0.39 is 9.84 Å². The van der Waals surface area contributed by atoms with Crippen LogP contribution in [-0.2, 0) is 9.84 Å². The van der Waals surface area contributed by atoms with Crippen LogP contribution in [0.2, 0.25) is 0 Å². The molecule has 2 aromatic carbocycles. The zero-order valence-electron chi connectivity index (χ0n) is 12.0. The molecule has 21 heavy (non-hydrogen) atoms. The quantitative estimate of drug-likeness (QED) is 0.884. The summed E-state index contributed by atoms with van der Waals surface area (Å²) in [6.45, 7) is 3.46. The van der Waals surface area contributed by atoms with Crippen molar-refractivity contribution in [3.8, 4) is 11.5 Å². The number of benzene rings is 2. The van der Waals surface area contributed by atoms with Crippen LogP contribution >= 0.6 is 0 Å². The lowest BCUT2D eigenvalue weighted by molar-refractivity contribution is 0.474. The highest BCUT2D eigenvalue weighted by Gasteiger charge is 2.13. The van der Waals surface area contributed by atoms with E-state index in [-0.39, 0.29) is 16.4 Å². The molecule has 0 bridgehead atoms. The summed E-state index contributed by atoms with van der Waals surface area (Å²) in [5.41, 5.74) is 7.32. The SMILES string of the molecule is Cc1cc(F)cc(C)c1Oc1ccc(S(C)(=O)=O)cc1N. The predicted octanol–water partition coefficient (Wildman–Crippen LogP) is 3.22. The molecule has 2 aromatic rings. The van der Waals surface area contributed by atoms with Crippen LogP contribution in [0, 0.1) is 19.7 Å². The third kappa shape index (κ3) is 3.33. The number of nitrogens with two attached hydrogens (primary N) is 1. The fourth-order valence-corrected chi connectivity index (χ4v) is 2.67. The highest BCUT2D eigenvalue weighted by Crippen LogP contribution is 2.33. The average molecular weight is 309 g/mol. The lowest BCUT2D eigenvalue weighted by atomic mass is 10.1. The largest absolute Gasteiger partial charge is 0.455 e. The standard InChI is InChI=1S/C15H16FNO3S/c1-9-6-11(16)7-10(2)15(9)20-14-5-4-12(8-13(14)17)21(3,18)19/h4-8H,17H2,1-3H3. The van der Waals surface area contributed by atoms with Gasteiger partial charge in [-0.15, -0.1) is 0 Å². The van der Waals surface area contributed by atoms with Gasteiger partial charge in [0.1, 0.15) is 17.3 Å². The van der Waals surface area contributed by atoms with Gasteiger partial charge in [0.2, 0.25) is 0 Å². The summed E-state index contributed by atoms with van der Waals surface area (Å²) in [6.07, 6.45) is 1.11. The van der Waals surface area contributed by atoms with E-state index in [1.807, 2.05) is 0 Å². The van der Waals surface area contributed by atoms with Crippen LogP contribution in [-0.4, -0.2) is 14.7 Å². The highest BCUT2D eigenvalue weighted by molar-refractivity contribution is 7.90. The number of rotatable bonds is 3. The van der Waals surface area contributed by atoms with Gasteiger partial charge in [-0.1, -0.05) is 0 Å². The summed E-state index contributed by atoms with van der Waals surface area (Å²) < 4.78 is 41.9. The van der Waals surface area contributed by atoms with Crippen LogP contribution in [0.5, 0.6) is 11.5 Å². The van der Waals surface area contributed by atoms with E-state index in [4.69, 9.17) is 10.5 Å². The number of hydrogen-bond donors (Lipinski definition) is 1. The first-order chi connectivity index (χ1) is 9.68. The molecule has 0 aliphatic heterocycles. The van der Waals surface area contributed by atoms with Gasteiger partial charge in [0, 0.05) is 6.26 Å². The molecular weight excluding hydrogens is 293 g/mol. The number of nitrogen functional groups attached to an aromatic ring is 1. The van der Waals surface area contributed by atoms with Crippen molar-refractivity contribution in [3.63, 3.8) is 0 Å². The Morgan fingerprint density at radius 3 is 2.14 bits per heavy atom. The molecule has 0 fully saturated rings. The second-order valence-electron chi connectivity index (χ2n) is 4.94. The monoisotopic (exact) mass is 309 g/mol. The van der Waals surface area contributed by atoms with E-state index in [9.17, 15) is 12.8 Å². The number of halogens is 1. The lowest BCUT2D eigenvalue weighted by Gasteiger charge is -2.14. The Hall–Kier alpha value is -2.08. The van der Waals surface area contributed by atoms with Crippen LogP contribution in [0.3, 0.4) is 0 Å². The van der Waals surface area contributed by atoms with E-state index in [1.54, 1.807) is 13.8 Å². The molecule has 0 aliphatic rings. The fraction of sp³-hybridized carbons (Fsp3) is 0.200. The summed E-state index contributed by atoms with van der Waals surface area (Å²) in [6, 6.07) is 6.99. The average Bonchev–Trinajstić information content (AvgIpc) is 2.33. The fourth-order valence-electron chi connectivity index (χ4n) is 2.02. The van der Waals surface area contributed by atoms with Crippen molar-refractivity contribution >= 4 is 15.5 Å². The predicted molar refractivity (Wildman–Crippen MR) is 79.9 cm³/mol. The molecule has 0 atom stereocenters. The minimum atomic E-state index is -3.32. The third-order valence-electron chi connectivity index (χ3n) is 3.05. The maximum atomic E-state index is 13.3. The minimum absolute atomic E-state index is 0.125. The molecule has 0 saturated carbocycles. The molecule has 0 aliphatic carbocycles. The zero-order chi connectivity index (χ0) is 15.8. The van der Waals surface area contributed by atoms with Crippen molar-refractivity contribution in [2.45, 2.75) is 18.7 Å². The zero-order valence-corrected chi connectivity index (χ0v) is 12.8. The Balaban J connectivity index is 2.42. The first-order valence-corrected chi connectivity index (χ1v) is 8.12. The lowest BCUT2D eigenvalue weighted by Crippen LogP contribution is -2.01. The Kier molecular flexibility index (Phi) is 3.91. The van der Waals surface area contributed by atoms with Crippen molar-refractivity contribution in [1.29, 1.82) is 0 Å².